The lowest BCUT2D eigenvalue weighted by Gasteiger charge is -2.56. The van der Waals surface area contributed by atoms with Crippen molar-refractivity contribution in [2.45, 2.75) is 64.0 Å². The summed E-state index contributed by atoms with van der Waals surface area (Å²) in [7, 11) is -3.17. The first-order chi connectivity index (χ1) is 13.7. The molecule has 4 bridgehead atoms. The van der Waals surface area contributed by atoms with Crippen LogP contribution in [0, 0.1) is 23.2 Å². The van der Waals surface area contributed by atoms with Crippen LogP contribution < -0.4 is 4.74 Å². The van der Waals surface area contributed by atoms with Crippen LogP contribution in [-0.2, 0) is 15.6 Å². The normalized spacial score (nSPS) is 31.1. The standard InChI is InChI=1S/C22H31N3O3S/c1-14(2)18-11-25-20(23-24-21(25)12-29(3,26)27)7-19(18)28-13-22-8-15-4-16(9-22)6-17(5-15)10-22/h7,11,14-17H,4-6,8-10,12-13H2,1-3H3. The van der Waals surface area contributed by atoms with Gasteiger partial charge >= 0.3 is 0 Å². The van der Waals surface area contributed by atoms with Crippen LogP contribution in [0.2, 0.25) is 0 Å². The molecule has 158 valence electrons. The first-order valence-corrected chi connectivity index (χ1v) is 12.9. The summed E-state index contributed by atoms with van der Waals surface area (Å²) < 4.78 is 31.8. The molecule has 2 aromatic rings. The fraction of sp³-hybridized carbons (Fsp3) is 0.727. The van der Waals surface area contributed by atoms with Crippen molar-refractivity contribution in [1.29, 1.82) is 0 Å². The van der Waals surface area contributed by atoms with E-state index < -0.39 is 9.84 Å². The molecule has 4 fully saturated rings. The predicted molar refractivity (Wildman–Crippen MR) is 112 cm³/mol. The molecular weight excluding hydrogens is 386 g/mol. The smallest absolute Gasteiger partial charge is 0.164 e. The highest BCUT2D eigenvalue weighted by molar-refractivity contribution is 7.89. The van der Waals surface area contributed by atoms with Crippen LogP contribution in [0.15, 0.2) is 12.3 Å². The number of sulfone groups is 1. The molecule has 4 saturated carbocycles. The monoisotopic (exact) mass is 417 g/mol. The summed E-state index contributed by atoms with van der Waals surface area (Å²) in [6.07, 6.45) is 11.5. The number of nitrogens with zero attached hydrogens (tertiary/aromatic N) is 3. The van der Waals surface area contributed by atoms with E-state index in [9.17, 15) is 8.42 Å². The average Bonchev–Trinajstić information content (AvgIpc) is 2.98. The zero-order valence-electron chi connectivity index (χ0n) is 17.6. The van der Waals surface area contributed by atoms with E-state index >= 15 is 0 Å². The van der Waals surface area contributed by atoms with Gasteiger partial charge in [-0.05, 0) is 62.2 Å². The molecule has 0 atom stereocenters. The van der Waals surface area contributed by atoms with Gasteiger partial charge in [-0.25, -0.2) is 8.42 Å². The van der Waals surface area contributed by atoms with Gasteiger partial charge in [0.1, 0.15) is 11.5 Å². The summed E-state index contributed by atoms with van der Waals surface area (Å²) in [6.45, 7) is 5.06. The zero-order valence-corrected chi connectivity index (χ0v) is 18.4. The van der Waals surface area contributed by atoms with E-state index in [1.54, 1.807) is 4.40 Å². The molecule has 0 amide bonds. The summed E-state index contributed by atoms with van der Waals surface area (Å²) >= 11 is 0. The maximum atomic E-state index is 11.7. The molecule has 29 heavy (non-hydrogen) atoms. The fourth-order valence-corrected chi connectivity index (χ4v) is 7.23. The maximum absolute atomic E-state index is 11.7. The van der Waals surface area contributed by atoms with Crippen LogP contribution in [0.3, 0.4) is 0 Å². The van der Waals surface area contributed by atoms with Gasteiger partial charge in [0.25, 0.3) is 0 Å². The fourth-order valence-electron chi connectivity index (χ4n) is 6.57. The van der Waals surface area contributed by atoms with Crippen LogP contribution in [0.5, 0.6) is 5.75 Å². The van der Waals surface area contributed by atoms with E-state index in [-0.39, 0.29) is 11.7 Å². The Kier molecular flexibility index (Phi) is 4.46. The predicted octanol–water partition coefficient (Wildman–Crippen LogP) is 3.99. The Morgan fingerprint density at radius 1 is 1.14 bits per heavy atom. The summed E-state index contributed by atoms with van der Waals surface area (Å²) in [4.78, 5) is 0. The summed E-state index contributed by atoms with van der Waals surface area (Å²) in [5, 5.41) is 8.32. The molecule has 0 aliphatic heterocycles. The molecule has 7 heteroatoms. The van der Waals surface area contributed by atoms with Crippen LogP contribution >= 0.6 is 0 Å². The van der Waals surface area contributed by atoms with Crippen LogP contribution in [0.4, 0.5) is 0 Å². The van der Waals surface area contributed by atoms with E-state index in [4.69, 9.17) is 4.74 Å². The Bertz CT molecular complexity index is 1010. The molecule has 0 N–H and O–H groups in total. The third kappa shape index (κ3) is 3.66. The number of aromatic nitrogens is 3. The molecule has 6 rings (SSSR count). The molecular formula is C22H31N3O3S. The lowest BCUT2D eigenvalue weighted by atomic mass is 9.50. The van der Waals surface area contributed by atoms with Crippen molar-refractivity contribution in [3.63, 3.8) is 0 Å². The number of hydrogen-bond donors (Lipinski definition) is 0. The van der Waals surface area contributed by atoms with Crippen molar-refractivity contribution in [1.82, 2.24) is 14.6 Å². The lowest BCUT2D eigenvalue weighted by molar-refractivity contribution is -0.0746. The van der Waals surface area contributed by atoms with Gasteiger partial charge in [-0.1, -0.05) is 13.8 Å². The molecule has 0 unspecified atom stereocenters. The SMILES string of the molecule is CC(C)c1cn2c(CS(C)(=O)=O)nnc2cc1OCC12CC3CC(CC(C3)C1)C2. The van der Waals surface area contributed by atoms with Crippen LogP contribution in [0.25, 0.3) is 5.65 Å². The highest BCUT2D eigenvalue weighted by atomic mass is 32.2. The summed E-state index contributed by atoms with van der Waals surface area (Å²) in [5.74, 6) is 4.21. The molecule has 2 heterocycles. The van der Waals surface area contributed by atoms with Crippen molar-refractivity contribution in [2.75, 3.05) is 12.9 Å². The zero-order chi connectivity index (χ0) is 20.4. The Morgan fingerprint density at radius 2 is 1.76 bits per heavy atom. The van der Waals surface area contributed by atoms with Crippen molar-refractivity contribution < 1.29 is 13.2 Å². The van der Waals surface area contributed by atoms with Crippen molar-refractivity contribution in [3.05, 3.63) is 23.7 Å². The number of pyridine rings is 1. The van der Waals surface area contributed by atoms with E-state index in [2.05, 4.69) is 24.0 Å². The average molecular weight is 418 g/mol. The first-order valence-electron chi connectivity index (χ1n) is 10.9. The van der Waals surface area contributed by atoms with Gasteiger partial charge in [0.2, 0.25) is 0 Å². The minimum atomic E-state index is -3.17. The molecule has 0 spiro atoms. The van der Waals surface area contributed by atoms with Crippen molar-refractivity contribution in [3.8, 4) is 5.75 Å². The van der Waals surface area contributed by atoms with Crippen LogP contribution in [0.1, 0.15) is 69.7 Å². The second-order valence-electron chi connectivity index (χ2n) is 10.4. The molecule has 2 aromatic heterocycles. The minimum Gasteiger partial charge on any atom is -0.493 e. The number of ether oxygens (including phenoxy) is 1. The van der Waals surface area contributed by atoms with E-state index in [1.807, 2.05) is 12.3 Å². The second kappa shape index (κ2) is 6.69. The van der Waals surface area contributed by atoms with Gasteiger partial charge in [0, 0.05) is 29.5 Å². The van der Waals surface area contributed by atoms with E-state index in [1.165, 1.54) is 44.8 Å². The Balaban J connectivity index is 1.43. The summed E-state index contributed by atoms with van der Waals surface area (Å²) in [6, 6.07) is 1.94. The van der Waals surface area contributed by atoms with Crippen LogP contribution in [-0.4, -0.2) is 35.9 Å². The van der Waals surface area contributed by atoms with Crippen molar-refractivity contribution >= 4 is 15.5 Å². The quantitative estimate of drug-likeness (QED) is 0.710. The van der Waals surface area contributed by atoms with Gasteiger partial charge in [-0.3, -0.25) is 4.40 Å². The third-order valence-electron chi connectivity index (χ3n) is 7.32. The number of hydrogen-bond acceptors (Lipinski definition) is 5. The highest BCUT2D eigenvalue weighted by Crippen LogP contribution is 2.60. The Labute approximate surface area is 173 Å². The van der Waals surface area contributed by atoms with Gasteiger partial charge in [0.05, 0.1) is 6.61 Å². The maximum Gasteiger partial charge on any atom is 0.164 e. The van der Waals surface area contributed by atoms with E-state index in [0.29, 0.717) is 16.9 Å². The van der Waals surface area contributed by atoms with Gasteiger partial charge in [0.15, 0.2) is 21.3 Å². The van der Waals surface area contributed by atoms with E-state index in [0.717, 1.165) is 35.7 Å². The lowest BCUT2D eigenvalue weighted by Crippen LogP contribution is -2.48. The van der Waals surface area contributed by atoms with Gasteiger partial charge < -0.3 is 4.74 Å². The molecule has 4 aliphatic carbocycles. The third-order valence-corrected chi connectivity index (χ3v) is 8.10. The first kappa shape index (κ1) is 19.3. The van der Waals surface area contributed by atoms with Crippen molar-refractivity contribution in [2.24, 2.45) is 23.2 Å². The highest BCUT2D eigenvalue weighted by Gasteiger charge is 2.51. The largest absolute Gasteiger partial charge is 0.493 e. The topological polar surface area (TPSA) is 73.6 Å². The van der Waals surface area contributed by atoms with Gasteiger partial charge in [-0.2, -0.15) is 0 Å². The Hall–Kier alpha value is -1.63. The Morgan fingerprint density at radius 3 is 2.31 bits per heavy atom. The van der Waals surface area contributed by atoms with Gasteiger partial charge in [-0.15, -0.1) is 10.2 Å². The molecule has 0 radical (unpaired) electrons. The molecule has 0 saturated heterocycles. The molecule has 0 aromatic carbocycles. The minimum absolute atomic E-state index is 0.112. The molecule has 4 aliphatic rings. The molecule has 6 nitrogen and oxygen atoms in total. The summed E-state index contributed by atoms with van der Waals surface area (Å²) in [5.41, 5.74) is 2.08. The number of fused-ring (bicyclic) bond motifs is 1. The second-order valence-corrected chi connectivity index (χ2v) is 12.5. The number of rotatable bonds is 6.